The van der Waals surface area contributed by atoms with Gasteiger partial charge in [0.15, 0.2) is 12.1 Å². The molecule has 0 saturated carbocycles. The maximum absolute atomic E-state index is 13.6. The fourth-order valence-electron chi connectivity index (χ4n) is 4.35. The number of nitrogens with zero attached hydrogens (tertiary/aromatic N) is 1. The molecule has 7 heteroatoms. The molecule has 2 N–H and O–H groups in total. The first-order valence-corrected chi connectivity index (χ1v) is 12.1. The van der Waals surface area contributed by atoms with Crippen LogP contribution in [0.4, 0.5) is 10.5 Å². The van der Waals surface area contributed by atoms with E-state index in [4.69, 9.17) is 4.74 Å². The highest BCUT2D eigenvalue weighted by molar-refractivity contribution is 5.91. The Labute approximate surface area is 211 Å². The van der Waals surface area contributed by atoms with E-state index in [1.807, 2.05) is 68.4 Å². The third-order valence-corrected chi connectivity index (χ3v) is 6.29. The van der Waals surface area contributed by atoms with Crippen molar-refractivity contribution in [3.8, 4) is 0 Å². The first-order valence-electron chi connectivity index (χ1n) is 12.1. The first kappa shape index (κ1) is 25.0. The zero-order valence-corrected chi connectivity index (χ0v) is 20.7. The smallest absolute Gasteiger partial charge is 0.411 e. The molecule has 186 valence electrons. The van der Waals surface area contributed by atoms with Gasteiger partial charge in [0.05, 0.1) is 12.6 Å². The minimum atomic E-state index is -0.861. The second kappa shape index (κ2) is 11.1. The Kier molecular flexibility index (Phi) is 7.68. The maximum Gasteiger partial charge on any atom is 0.411 e. The highest BCUT2D eigenvalue weighted by Gasteiger charge is 2.47. The van der Waals surface area contributed by atoms with Crippen LogP contribution < -0.4 is 10.6 Å². The average Bonchev–Trinajstić information content (AvgIpc) is 3.20. The standard InChI is InChI=1S/C29H31N3O4/c1-4-25(33)31-24-15-13-23(14-16-24)27-26(28(34)30-20(3)22-11-6-5-7-12-22)32(29(35)36-27)18-21-10-8-9-19(2)17-21/h5-17,20,26-27H,4,18H2,1-3H3,(H,30,34)(H,31,33). The van der Waals surface area contributed by atoms with Gasteiger partial charge in [0.25, 0.3) is 0 Å². The van der Waals surface area contributed by atoms with Crippen molar-refractivity contribution in [2.75, 3.05) is 5.32 Å². The van der Waals surface area contributed by atoms with E-state index in [2.05, 4.69) is 10.6 Å². The van der Waals surface area contributed by atoms with Crippen molar-refractivity contribution in [2.45, 2.75) is 51.9 Å². The summed E-state index contributed by atoms with van der Waals surface area (Å²) in [5, 5.41) is 5.87. The van der Waals surface area contributed by atoms with E-state index in [0.29, 0.717) is 17.7 Å². The van der Waals surface area contributed by atoms with Crippen molar-refractivity contribution < 1.29 is 19.1 Å². The number of nitrogens with one attached hydrogen (secondary N) is 2. The molecule has 1 aliphatic heterocycles. The van der Waals surface area contributed by atoms with E-state index >= 15 is 0 Å². The van der Waals surface area contributed by atoms with Gasteiger partial charge in [-0.05, 0) is 42.7 Å². The number of amides is 3. The molecule has 0 spiro atoms. The van der Waals surface area contributed by atoms with Crippen molar-refractivity contribution in [3.63, 3.8) is 0 Å². The van der Waals surface area contributed by atoms with Crippen LogP contribution in [0.25, 0.3) is 0 Å². The second-order valence-corrected chi connectivity index (χ2v) is 9.03. The molecule has 0 bridgehead atoms. The summed E-state index contributed by atoms with van der Waals surface area (Å²) in [5.41, 5.74) is 4.27. The van der Waals surface area contributed by atoms with E-state index in [-0.39, 0.29) is 24.4 Å². The van der Waals surface area contributed by atoms with Gasteiger partial charge < -0.3 is 15.4 Å². The third kappa shape index (κ3) is 5.74. The van der Waals surface area contributed by atoms with Gasteiger partial charge in [-0.25, -0.2) is 4.79 Å². The fraction of sp³-hybridized carbons (Fsp3) is 0.276. The zero-order chi connectivity index (χ0) is 25.7. The Bertz CT molecular complexity index is 1230. The van der Waals surface area contributed by atoms with Gasteiger partial charge in [-0.2, -0.15) is 0 Å². The SMILES string of the molecule is CCC(=O)Nc1ccc(C2OC(=O)N(Cc3cccc(C)c3)C2C(=O)NC(C)c2ccccc2)cc1. The van der Waals surface area contributed by atoms with Crippen LogP contribution in [0.2, 0.25) is 0 Å². The lowest BCUT2D eigenvalue weighted by atomic mass is 9.99. The lowest BCUT2D eigenvalue weighted by Crippen LogP contribution is -2.46. The first-order chi connectivity index (χ1) is 17.4. The van der Waals surface area contributed by atoms with Crippen molar-refractivity contribution in [2.24, 2.45) is 0 Å². The number of cyclic esters (lactones) is 1. The van der Waals surface area contributed by atoms with Crippen molar-refractivity contribution in [1.82, 2.24) is 10.2 Å². The Balaban J connectivity index is 1.62. The largest absolute Gasteiger partial charge is 0.438 e. The Morgan fingerprint density at radius 3 is 2.39 bits per heavy atom. The fourth-order valence-corrected chi connectivity index (χ4v) is 4.35. The van der Waals surface area contributed by atoms with Gasteiger partial charge in [-0.1, -0.05) is 79.2 Å². The van der Waals surface area contributed by atoms with E-state index in [1.54, 1.807) is 31.2 Å². The predicted molar refractivity (Wildman–Crippen MR) is 138 cm³/mol. The molecule has 3 atom stereocenters. The molecular weight excluding hydrogens is 454 g/mol. The topological polar surface area (TPSA) is 87.7 Å². The molecule has 0 radical (unpaired) electrons. The molecule has 0 aliphatic carbocycles. The number of ether oxygens (including phenoxy) is 1. The van der Waals surface area contributed by atoms with E-state index in [1.165, 1.54) is 4.90 Å². The van der Waals surface area contributed by atoms with Gasteiger partial charge in [0, 0.05) is 12.1 Å². The number of carbonyl (C=O) groups is 3. The lowest BCUT2D eigenvalue weighted by molar-refractivity contribution is -0.127. The quantitative estimate of drug-likeness (QED) is 0.454. The molecule has 7 nitrogen and oxygen atoms in total. The third-order valence-electron chi connectivity index (χ3n) is 6.29. The number of hydrogen-bond donors (Lipinski definition) is 2. The van der Waals surface area contributed by atoms with Crippen molar-refractivity contribution in [3.05, 3.63) is 101 Å². The number of anilines is 1. The number of aryl methyl sites for hydroxylation is 1. The summed E-state index contributed by atoms with van der Waals surface area (Å²) in [6.45, 7) is 5.93. The van der Waals surface area contributed by atoms with Gasteiger partial charge in [-0.15, -0.1) is 0 Å². The summed E-state index contributed by atoms with van der Waals surface area (Å²) in [4.78, 5) is 39.9. The van der Waals surface area contributed by atoms with Gasteiger partial charge in [-0.3, -0.25) is 14.5 Å². The van der Waals surface area contributed by atoms with E-state index in [9.17, 15) is 14.4 Å². The van der Waals surface area contributed by atoms with Crippen LogP contribution in [-0.4, -0.2) is 28.8 Å². The molecule has 3 amide bonds. The van der Waals surface area contributed by atoms with E-state index < -0.39 is 18.2 Å². The van der Waals surface area contributed by atoms with Crippen molar-refractivity contribution in [1.29, 1.82) is 0 Å². The summed E-state index contributed by atoms with van der Waals surface area (Å²) < 4.78 is 5.76. The minimum absolute atomic E-state index is 0.0912. The van der Waals surface area contributed by atoms with Crippen LogP contribution in [0.5, 0.6) is 0 Å². The van der Waals surface area contributed by atoms with Crippen LogP contribution >= 0.6 is 0 Å². The summed E-state index contributed by atoms with van der Waals surface area (Å²) in [6, 6.07) is 23.5. The maximum atomic E-state index is 13.6. The van der Waals surface area contributed by atoms with Crippen LogP contribution in [0.1, 0.15) is 54.7 Å². The van der Waals surface area contributed by atoms with Crippen LogP contribution in [0, 0.1) is 6.92 Å². The number of rotatable bonds is 8. The average molecular weight is 486 g/mol. The monoisotopic (exact) mass is 485 g/mol. The molecule has 1 fully saturated rings. The summed E-state index contributed by atoms with van der Waals surface area (Å²) in [6.07, 6.45) is -0.962. The molecule has 4 rings (SSSR count). The molecule has 0 aromatic heterocycles. The Morgan fingerprint density at radius 1 is 1.00 bits per heavy atom. The highest BCUT2D eigenvalue weighted by atomic mass is 16.6. The normalized spacial score (nSPS) is 17.9. The lowest BCUT2D eigenvalue weighted by Gasteiger charge is -2.26. The summed E-state index contributed by atoms with van der Waals surface area (Å²) >= 11 is 0. The Morgan fingerprint density at radius 2 is 1.72 bits per heavy atom. The minimum Gasteiger partial charge on any atom is -0.438 e. The summed E-state index contributed by atoms with van der Waals surface area (Å²) in [5.74, 6) is -0.384. The molecule has 3 aromatic carbocycles. The molecular formula is C29H31N3O4. The highest BCUT2D eigenvalue weighted by Crippen LogP contribution is 2.35. The molecule has 3 aromatic rings. The zero-order valence-electron chi connectivity index (χ0n) is 20.7. The molecule has 3 unspecified atom stereocenters. The summed E-state index contributed by atoms with van der Waals surface area (Å²) in [7, 11) is 0. The van der Waals surface area contributed by atoms with Crippen molar-refractivity contribution >= 4 is 23.6 Å². The number of benzene rings is 3. The van der Waals surface area contributed by atoms with Gasteiger partial charge in [0.1, 0.15) is 0 Å². The molecule has 1 saturated heterocycles. The molecule has 1 heterocycles. The van der Waals surface area contributed by atoms with Crippen LogP contribution in [0.3, 0.4) is 0 Å². The number of carbonyl (C=O) groups excluding carboxylic acids is 3. The number of hydrogen-bond acceptors (Lipinski definition) is 4. The van der Waals surface area contributed by atoms with Gasteiger partial charge in [0.2, 0.25) is 11.8 Å². The predicted octanol–water partition coefficient (Wildman–Crippen LogP) is 5.28. The van der Waals surface area contributed by atoms with Crippen LogP contribution in [-0.2, 0) is 20.9 Å². The Hall–Kier alpha value is -4.13. The van der Waals surface area contributed by atoms with Gasteiger partial charge >= 0.3 is 6.09 Å². The van der Waals surface area contributed by atoms with Crippen LogP contribution in [0.15, 0.2) is 78.9 Å². The molecule has 36 heavy (non-hydrogen) atoms. The second-order valence-electron chi connectivity index (χ2n) is 9.03. The van der Waals surface area contributed by atoms with E-state index in [0.717, 1.165) is 16.7 Å². The molecule has 1 aliphatic rings.